The van der Waals surface area contributed by atoms with Gasteiger partial charge in [-0.3, -0.25) is 9.59 Å². The van der Waals surface area contributed by atoms with Gasteiger partial charge < -0.3 is 19.2 Å². The Bertz CT molecular complexity index is 919. The van der Waals surface area contributed by atoms with Gasteiger partial charge in [0.25, 0.3) is 0 Å². The number of carbonyl (C=O) groups is 3. The van der Waals surface area contributed by atoms with E-state index >= 15 is 0 Å². The van der Waals surface area contributed by atoms with Crippen molar-refractivity contribution in [1.82, 2.24) is 4.98 Å². The van der Waals surface area contributed by atoms with Crippen LogP contribution in [0.25, 0.3) is 0 Å². The number of aryl methyl sites for hydroxylation is 1. The summed E-state index contributed by atoms with van der Waals surface area (Å²) in [5.74, 6) is -1.85. The normalized spacial score (nSPS) is 10.7. The molecule has 28 heavy (non-hydrogen) atoms. The van der Waals surface area contributed by atoms with Gasteiger partial charge >= 0.3 is 12.6 Å². The number of alkyl halides is 2. The van der Waals surface area contributed by atoms with E-state index in [0.717, 1.165) is 6.07 Å². The minimum Gasteiger partial charge on any atom is -0.493 e. The van der Waals surface area contributed by atoms with Crippen LogP contribution in [-0.4, -0.2) is 42.8 Å². The number of hydrogen-bond acceptors (Lipinski definition) is 6. The SMILES string of the molecule is COc1cc(C(=O)OCC(=O)c2[nH]c(C)c(C(C)=O)c2C)ccc1OC(F)F. The molecule has 7 nitrogen and oxygen atoms in total. The van der Waals surface area contributed by atoms with Crippen molar-refractivity contribution in [2.75, 3.05) is 13.7 Å². The number of hydrogen-bond donors (Lipinski definition) is 1. The number of rotatable bonds is 8. The molecule has 9 heteroatoms. The summed E-state index contributed by atoms with van der Waals surface area (Å²) in [6.07, 6.45) is 0. The molecular formula is C19H19F2NO6. The van der Waals surface area contributed by atoms with Crippen molar-refractivity contribution < 1.29 is 37.4 Å². The third-order valence-corrected chi connectivity index (χ3v) is 4.02. The number of esters is 1. The Kier molecular flexibility index (Phi) is 6.50. The second-order valence-corrected chi connectivity index (χ2v) is 5.92. The van der Waals surface area contributed by atoms with Gasteiger partial charge in [-0.1, -0.05) is 0 Å². The second-order valence-electron chi connectivity index (χ2n) is 5.92. The van der Waals surface area contributed by atoms with Crippen molar-refractivity contribution >= 4 is 17.5 Å². The van der Waals surface area contributed by atoms with Crippen molar-refractivity contribution in [1.29, 1.82) is 0 Å². The fourth-order valence-electron chi connectivity index (χ4n) is 2.83. The molecule has 2 aromatic rings. The van der Waals surface area contributed by atoms with Crippen molar-refractivity contribution in [2.24, 2.45) is 0 Å². The predicted octanol–water partition coefficient (Wildman–Crippen LogP) is 3.48. The molecule has 1 N–H and O–H groups in total. The Morgan fingerprint density at radius 2 is 1.82 bits per heavy atom. The summed E-state index contributed by atoms with van der Waals surface area (Å²) in [7, 11) is 1.23. The van der Waals surface area contributed by atoms with E-state index < -0.39 is 25.0 Å². The number of Topliss-reactive ketones (excluding diaryl/α,β-unsaturated/α-hetero) is 2. The lowest BCUT2D eigenvalue weighted by molar-refractivity contribution is -0.0512. The lowest BCUT2D eigenvalue weighted by Crippen LogP contribution is -2.15. The summed E-state index contributed by atoms with van der Waals surface area (Å²) >= 11 is 0. The molecule has 0 aliphatic rings. The van der Waals surface area contributed by atoms with Gasteiger partial charge in [0.05, 0.1) is 18.4 Å². The van der Waals surface area contributed by atoms with Crippen LogP contribution >= 0.6 is 0 Å². The third-order valence-electron chi connectivity index (χ3n) is 4.02. The number of benzene rings is 1. The van der Waals surface area contributed by atoms with Crippen LogP contribution in [0.1, 0.15) is 49.4 Å². The maximum atomic E-state index is 12.3. The van der Waals surface area contributed by atoms with Gasteiger partial charge in [-0.2, -0.15) is 8.78 Å². The number of H-pyrrole nitrogens is 1. The standard InChI is InChI=1S/C19H19F2NO6/c1-9-16(11(3)23)10(2)22-17(9)13(24)8-27-18(25)12-5-6-14(28-19(20)21)15(7-12)26-4/h5-7,19,22H,8H2,1-4H3. The monoisotopic (exact) mass is 395 g/mol. The van der Waals surface area contributed by atoms with Gasteiger partial charge in [0.1, 0.15) is 0 Å². The van der Waals surface area contributed by atoms with E-state index in [1.54, 1.807) is 13.8 Å². The molecule has 0 aliphatic heterocycles. The van der Waals surface area contributed by atoms with Crippen LogP contribution in [0, 0.1) is 13.8 Å². The van der Waals surface area contributed by atoms with Gasteiger partial charge in [0, 0.05) is 11.3 Å². The third kappa shape index (κ3) is 4.54. The molecule has 0 aliphatic carbocycles. The van der Waals surface area contributed by atoms with Crippen molar-refractivity contribution in [3.8, 4) is 11.5 Å². The number of halogens is 2. The maximum Gasteiger partial charge on any atom is 0.387 e. The number of methoxy groups -OCH3 is 1. The quantitative estimate of drug-likeness (QED) is 0.543. The highest BCUT2D eigenvalue weighted by molar-refractivity contribution is 6.04. The molecule has 0 radical (unpaired) electrons. The minimum atomic E-state index is -3.04. The molecule has 0 saturated heterocycles. The summed E-state index contributed by atoms with van der Waals surface area (Å²) in [5.41, 5.74) is 1.65. The van der Waals surface area contributed by atoms with Gasteiger partial charge in [-0.05, 0) is 44.5 Å². The Morgan fingerprint density at radius 1 is 1.14 bits per heavy atom. The summed E-state index contributed by atoms with van der Waals surface area (Å²) < 4.78 is 38.9. The van der Waals surface area contributed by atoms with Gasteiger partial charge in [-0.15, -0.1) is 0 Å². The van der Waals surface area contributed by atoms with E-state index in [9.17, 15) is 23.2 Å². The van der Waals surface area contributed by atoms with Gasteiger partial charge in [0.2, 0.25) is 5.78 Å². The Morgan fingerprint density at radius 3 is 2.36 bits per heavy atom. The van der Waals surface area contributed by atoms with Crippen LogP contribution in [0.4, 0.5) is 8.78 Å². The number of ketones is 2. The molecule has 0 amide bonds. The van der Waals surface area contributed by atoms with Crippen LogP contribution in [0.2, 0.25) is 0 Å². The van der Waals surface area contributed by atoms with Crippen LogP contribution < -0.4 is 9.47 Å². The van der Waals surface area contributed by atoms with E-state index in [1.807, 2.05) is 0 Å². The first-order valence-corrected chi connectivity index (χ1v) is 8.19. The molecule has 2 rings (SSSR count). The number of aromatic nitrogens is 1. The Balaban J connectivity index is 2.11. The first kappa shape index (κ1) is 21.1. The van der Waals surface area contributed by atoms with E-state index in [1.165, 1.54) is 26.2 Å². The van der Waals surface area contributed by atoms with Gasteiger partial charge in [0.15, 0.2) is 23.9 Å². The summed E-state index contributed by atoms with van der Waals surface area (Å²) in [6, 6.07) is 3.52. The van der Waals surface area contributed by atoms with Crippen LogP contribution in [-0.2, 0) is 4.74 Å². The molecule has 0 saturated carbocycles. The highest BCUT2D eigenvalue weighted by Gasteiger charge is 2.21. The average Bonchev–Trinajstić information content (AvgIpc) is 2.93. The summed E-state index contributed by atoms with van der Waals surface area (Å²) in [6.45, 7) is 1.08. The highest BCUT2D eigenvalue weighted by Crippen LogP contribution is 2.29. The molecule has 150 valence electrons. The number of aromatic amines is 1. The van der Waals surface area contributed by atoms with E-state index in [-0.39, 0.29) is 28.5 Å². The zero-order valence-electron chi connectivity index (χ0n) is 15.7. The van der Waals surface area contributed by atoms with Crippen molar-refractivity contribution in [2.45, 2.75) is 27.4 Å². The summed E-state index contributed by atoms with van der Waals surface area (Å²) in [4.78, 5) is 39.0. The molecule has 0 unspecified atom stereocenters. The molecule has 0 spiro atoms. The average molecular weight is 395 g/mol. The van der Waals surface area contributed by atoms with E-state index in [4.69, 9.17) is 9.47 Å². The first-order valence-electron chi connectivity index (χ1n) is 8.19. The Labute approximate surface area is 159 Å². The predicted molar refractivity (Wildman–Crippen MR) is 94.5 cm³/mol. The van der Waals surface area contributed by atoms with E-state index in [2.05, 4.69) is 9.72 Å². The fraction of sp³-hybridized carbons (Fsp3) is 0.316. The highest BCUT2D eigenvalue weighted by atomic mass is 19.3. The number of carbonyl (C=O) groups excluding carboxylic acids is 3. The summed E-state index contributed by atoms with van der Waals surface area (Å²) in [5, 5.41) is 0. The molecular weight excluding hydrogens is 376 g/mol. The fourth-order valence-corrected chi connectivity index (χ4v) is 2.83. The number of ether oxygens (including phenoxy) is 3. The molecule has 1 heterocycles. The topological polar surface area (TPSA) is 94.7 Å². The molecule has 1 aromatic carbocycles. The van der Waals surface area contributed by atoms with Crippen molar-refractivity contribution in [3.63, 3.8) is 0 Å². The lowest BCUT2D eigenvalue weighted by Gasteiger charge is -2.11. The maximum absolute atomic E-state index is 12.3. The first-order chi connectivity index (χ1) is 13.1. The zero-order valence-corrected chi connectivity index (χ0v) is 15.7. The molecule has 0 atom stereocenters. The van der Waals surface area contributed by atoms with Crippen molar-refractivity contribution in [3.05, 3.63) is 46.3 Å². The largest absolute Gasteiger partial charge is 0.493 e. The van der Waals surface area contributed by atoms with E-state index in [0.29, 0.717) is 16.8 Å². The molecule has 0 bridgehead atoms. The van der Waals surface area contributed by atoms with Crippen LogP contribution in [0.15, 0.2) is 18.2 Å². The smallest absolute Gasteiger partial charge is 0.387 e. The molecule has 1 aromatic heterocycles. The zero-order chi connectivity index (χ0) is 21.0. The van der Waals surface area contributed by atoms with Crippen LogP contribution in [0.3, 0.4) is 0 Å². The van der Waals surface area contributed by atoms with Gasteiger partial charge in [-0.25, -0.2) is 4.79 Å². The lowest BCUT2D eigenvalue weighted by atomic mass is 10.1. The Hall–Kier alpha value is -3.23. The van der Waals surface area contributed by atoms with Crippen LogP contribution in [0.5, 0.6) is 11.5 Å². The number of nitrogens with one attached hydrogen (secondary N) is 1. The second kappa shape index (κ2) is 8.64. The molecule has 0 fully saturated rings. The minimum absolute atomic E-state index is 0.00456.